The van der Waals surface area contributed by atoms with Crippen molar-refractivity contribution in [2.24, 2.45) is 0 Å². The Balaban J connectivity index is 1.86. The fraction of sp³-hybridized carbons (Fsp3) is 0.545. The first kappa shape index (κ1) is 14.4. The van der Waals surface area contributed by atoms with Gasteiger partial charge in [-0.3, -0.25) is 15.0 Å². The minimum absolute atomic E-state index is 0.225. The van der Waals surface area contributed by atoms with E-state index in [0.29, 0.717) is 26.3 Å². The molecule has 0 bridgehead atoms. The zero-order valence-corrected chi connectivity index (χ0v) is 10.8. The molecule has 1 unspecified atom stereocenters. The van der Waals surface area contributed by atoms with E-state index in [1.165, 1.54) is 12.5 Å². The largest absolute Gasteiger partial charge is 0.394 e. The number of H-pyrrole nitrogens is 1. The third-order valence-corrected chi connectivity index (χ3v) is 2.83. The molecule has 1 aromatic heterocycles. The van der Waals surface area contributed by atoms with E-state index in [2.05, 4.69) is 20.7 Å². The van der Waals surface area contributed by atoms with Gasteiger partial charge in [-0.1, -0.05) is 0 Å². The Morgan fingerprint density at radius 2 is 2.25 bits per heavy atom. The van der Waals surface area contributed by atoms with Gasteiger partial charge in [0.2, 0.25) is 0 Å². The average Bonchev–Trinajstić information content (AvgIpc) is 2.99. The van der Waals surface area contributed by atoms with Crippen LogP contribution in [-0.4, -0.2) is 70.8 Å². The Kier molecular flexibility index (Phi) is 5.04. The number of morpholine rings is 1. The number of ether oxygens (including phenoxy) is 1. The van der Waals surface area contributed by atoms with Gasteiger partial charge in [-0.05, 0) is 0 Å². The highest BCUT2D eigenvalue weighted by molar-refractivity contribution is 5.95. The molecule has 0 saturated carbocycles. The molecule has 0 spiro atoms. The minimum atomic E-state index is -1.02. The number of aliphatic hydroxyl groups is 1. The van der Waals surface area contributed by atoms with Gasteiger partial charge in [0.1, 0.15) is 11.7 Å². The molecule has 1 aliphatic heterocycles. The molecule has 1 aliphatic rings. The first-order valence-corrected chi connectivity index (χ1v) is 6.24. The third-order valence-electron chi connectivity index (χ3n) is 2.83. The second-order valence-corrected chi connectivity index (χ2v) is 4.25. The molecule has 1 atom stereocenters. The molecule has 9 nitrogen and oxygen atoms in total. The quantitative estimate of drug-likeness (QED) is 0.490. The van der Waals surface area contributed by atoms with E-state index in [1.807, 2.05) is 0 Å². The summed E-state index contributed by atoms with van der Waals surface area (Å²) in [7, 11) is 0. The maximum atomic E-state index is 12.0. The SMILES string of the molecule is O=C(NC(CO)C(=O)NN1CCOCC1)c1cnc[nH]1. The maximum Gasteiger partial charge on any atom is 0.270 e. The Morgan fingerprint density at radius 3 is 2.85 bits per heavy atom. The standard InChI is InChI=1S/C11H17N5O4/c17-6-9(14-10(18)8-5-12-7-13-8)11(19)15-16-1-3-20-4-2-16/h5,7,9,17H,1-4,6H2,(H,12,13)(H,14,18)(H,15,19). The van der Waals surface area contributed by atoms with Crippen LogP contribution >= 0.6 is 0 Å². The summed E-state index contributed by atoms with van der Waals surface area (Å²) in [4.78, 5) is 30.1. The summed E-state index contributed by atoms with van der Waals surface area (Å²) in [5.74, 6) is -0.971. The van der Waals surface area contributed by atoms with E-state index in [1.54, 1.807) is 5.01 Å². The van der Waals surface area contributed by atoms with Crippen LogP contribution in [0.4, 0.5) is 0 Å². The lowest BCUT2D eigenvalue weighted by Gasteiger charge is -2.28. The zero-order valence-electron chi connectivity index (χ0n) is 10.8. The van der Waals surface area contributed by atoms with Gasteiger partial charge in [0.05, 0.1) is 32.3 Å². The molecule has 0 radical (unpaired) electrons. The Hall–Kier alpha value is -1.97. The molecule has 2 heterocycles. The van der Waals surface area contributed by atoms with Crippen molar-refractivity contribution >= 4 is 11.8 Å². The van der Waals surface area contributed by atoms with Crippen LogP contribution in [0.15, 0.2) is 12.5 Å². The number of aromatic amines is 1. The number of hydrogen-bond donors (Lipinski definition) is 4. The highest BCUT2D eigenvalue weighted by atomic mass is 16.5. The molecule has 0 aromatic carbocycles. The first-order valence-electron chi connectivity index (χ1n) is 6.24. The number of hydrazine groups is 1. The summed E-state index contributed by atoms with van der Waals surface area (Å²) in [6.07, 6.45) is 2.69. The van der Waals surface area contributed by atoms with Crippen LogP contribution in [0, 0.1) is 0 Å². The van der Waals surface area contributed by atoms with Gasteiger partial charge in [-0.15, -0.1) is 0 Å². The van der Waals surface area contributed by atoms with Gasteiger partial charge in [-0.25, -0.2) is 9.99 Å². The number of carbonyl (C=O) groups excluding carboxylic acids is 2. The van der Waals surface area contributed by atoms with Crippen LogP contribution in [0.1, 0.15) is 10.5 Å². The monoisotopic (exact) mass is 283 g/mol. The van der Waals surface area contributed by atoms with Gasteiger partial charge in [0.15, 0.2) is 0 Å². The summed E-state index contributed by atoms with van der Waals surface area (Å²) in [6.45, 7) is 1.71. The van der Waals surface area contributed by atoms with Crippen LogP contribution in [0.5, 0.6) is 0 Å². The third kappa shape index (κ3) is 3.76. The molecule has 0 aliphatic carbocycles. The summed E-state index contributed by atoms with van der Waals surface area (Å²) in [5.41, 5.74) is 2.86. The molecule has 2 rings (SSSR count). The lowest BCUT2D eigenvalue weighted by Crippen LogP contribution is -2.56. The molecule has 20 heavy (non-hydrogen) atoms. The number of nitrogens with zero attached hydrogens (tertiary/aromatic N) is 2. The van der Waals surface area contributed by atoms with Crippen LogP contribution in [0.2, 0.25) is 0 Å². The fourth-order valence-corrected chi connectivity index (χ4v) is 1.72. The highest BCUT2D eigenvalue weighted by Gasteiger charge is 2.23. The number of aliphatic hydroxyl groups excluding tert-OH is 1. The molecule has 1 aromatic rings. The average molecular weight is 283 g/mol. The zero-order chi connectivity index (χ0) is 14.4. The molecule has 1 fully saturated rings. The lowest BCUT2D eigenvalue weighted by atomic mass is 10.3. The molecule has 2 amide bonds. The number of amides is 2. The van der Waals surface area contributed by atoms with Crippen molar-refractivity contribution in [3.05, 3.63) is 18.2 Å². The molecular formula is C11H17N5O4. The number of rotatable bonds is 5. The summed E-state index contributed by atoms with van der Waals surface area (Å²) >= 11 is 0. The van der Waals surface area contributed by atoms with Gasteiger partial charge in [-0.2, -0.15) is 0 Å². The van der Waals surface area contributed by atoms with Gasteiger partial charge in [0.25, 0.3) is 11.8 Å². The topological polar surface area (TPSA) is 120 Å². The van der Waals surface area contributed by atoms with Crippen molar-refractivity contribution in [2.75, 3.05) is 32.9 Å². The predicted octanol–water partition coefficient (Wildman–Crippen LogP) is -2.14. The van der Waals surface area contributed by atoms with E-state index in [0.717, 1.165) is 0 Å². The first-order chi connectivity index (χ1) is 9.70. The van der Waals surface area contributed by atoms with Crippen molar-refractivity contribution in [3.63, 3.8) is 0 Å². The molecule has 1 saturated heterocycles. The molecule has 9 heteroatoms. The number of hydrogen-bond acceptors (Lipinski definition) is 6. The van der Waals surface area contributed by atoms with Crippen molar-refractivity contribution in [1.82, 2.24) is 25.7 Å². The second kappa shape index (κ2) is 6.98. The van der Waals surface area contributed by atoms with E-state index >= 15 is 0 Å². The maximum absolute atomic E-state index is 12.0. The lowest BCUT2D eigenvalue weighted by molar-refractivity contribution is -0.130. The number of carbonyl (C=O) groups is 2. The summed E-state index contributed by atoms with van der Waals surface area (Å²) in [6, 6.07) is -1.02. The Morgan fingerprint density at radius 1 is 1.50 bits per heavy atom. The van der Waals surface area contributed by atoms with Crippen LogP contribution in [0.25, 0.3) is 0 Å². The van der Waals surface area contributed by atoms with Crippen LogP contribution in [-0.2, 0) is 9.53 Å². The molecular weight excluding hydrogens is 266 g/mol. The van der Waals surface area contributed by atoms with Crippen molar-refractivity contribution in [3.8, 4) is 0 Å². The van der Waals surface area contributed by atoms with Gasteiger partial charge in [0, 0.05) is 13.1 Å². The molecule has 4 N–H and O–H groups in total. The van der Waals surface area contributed by atoms with Gasteiger partial charge >= 0.3 is 0 Å². The van der Waals surface area contributed by atoms with E-state index in [9.17, 15) is 14.7 Å². The van der Waals surface area contributed by atoms with Gasteiger partial charge < -0.3 is 20.1 Å². The highest BCUT2D eigenvalue weighted by Crippen LogP contribution is 1.96. The fourth-order valence-electron chi connectivity index (χ4n) is 1.72. The van der Waals surface area contributed by atoms with Crippen molar-refractivity contribution in [1.29, 1.82) is 0 Å². The van der Waals surface area contributed by atoms with Crippen molar-refractivity contribution in [2.45, 2.75) is 6.04 Å². The van der Waals surface area contributed by atoms with Crippen molar-refractivity contribution < 1.29 is 19.4 Å². The number of nitrogens with one attached hydrogen (secondary N) is 3. The Labute approximate surface area is 115 Å². The number of aromatic nitrogens is 2. The van der Waals surface area contributed by atoms with E-state index in [4.69, 9.17) is 4.74 Å². The smallest absolute Gasteiger partial charge is 0.270 e. The second-order valence-electron chi connectivity index (χ2n) is 4.25. The van der Waals surface area contributed by atoms with E-state index < -0.39 is 24.5 Å². The summed E-state index contributed by atoms with van der Waals surface area (Å²) in [5, 5.41) is 13.3. The van der Waals surface area contributed by atoms with E-state index in [-0.39, 0.29) is 5.69 Å². The predicted molar refractivity (Wildman–Crippen MR) is 67.5 cm³/mol. The van der Waals surface area contributed by atoms with Crippen LogP contribution in [0.3, 0.4) is 0 Å². The molecule has 110 valence electrons. The Bertz CT molecular complexity index is 444. The summed E-state index contributed by atoms with van der Waals surface area (Å²) < 4.78 is 5.16. The normalized spacial score (nSPS) is 17.4. The number of imidazole rings is 1. The minimum Gasteiger partial charge on any atom is -0.394 e. The van der Waals surface area contributed by atoms with Crippen LogP contribution < -0.4 is 10.7 Å².